The van der Waals surface area contributed by atoms with Gasteiger partial charge in [-0.25, -0.2) is 4.99 Å². The zero-order valence-corrected chi connectivity index (χ0v) is 8.09. The fourth-order valence-electron chi connectivity index (χ4n) is 1.12. The molecule has 1 aromatic carbocycles. The normalized spacial score (nSPS) is 15.2. The highest BCUT2D eigenvalue weighted by Gasteiger charge is 2.07. The van der Waals surface area contributed by atoms with E-state index in [2.05, 4.69) is 17.1 Å². The molecule has 0 aliphatic carbocycles. The molecule has 3 heteroatoms. The lowest BCUT2D eigenvalue weighted by atomic mass is 10.2. The van der Waals surface area contributed by atoms with Crippen LogP contribution < -0.4 is 0 Å². The molecule has 2 nitrogen and oxygen atoms in total. The van der Waals surface area contributed by atoms with E-state index in [1.54, 1.807) is 11.8 Å². The molecule has 0 atom stereocenters. The Bertz CT molecular complexity index is 297. The molecule has 0 spiro atoms. The quantitative estimate of drug-likeness (QED) is 0.719. The second kappa shape index (κ2) is 4.33. The Morgan fingerprint density at radius 2 is 2.15 bits per heavy atom. The zero-order chi connectivity index (χ0) is 8.93. The minimum absolute atomic E-state index is 0.747. The van der Waals surface area contributed by atoms with E-state index in [4.69, 9.17) is 4.74 Å². The summed E-state index contributed by atoms with van der Waals surface area (Å²) in [4.78, 5) is 4.21. The average molecular weight is 193 g/mol. The summed E-state index contributed by atoms with van der Waals surface area (Å²) in [7, 11) is 0. The van der Waals surface area contributed by atoms with E-state index in [1.165, 1.54) is 5.56 Å². The van der Waals surface area contributed by atoms with Crippen molar-refractivity contribution in [2.45, 2.75) is 5.75 Å². The number of benzene rings is 1. The molecule has 0 radical (unpaired) electrons. The molecule has 0 bridgehead atoms. The molecular weight excluding hydrogens is 182 g/mol. The summed E-state index contributed by atoms with van der Waals surface area (Å²) < 4.78 is 5.29. The second-order valence-corrected chi connectivity index (χ2v) is 3.70. The molecule has 1 aliphatic heterocycles. The molecule has 1 heterocycles. The number of nitrogens with zero attached hydrogens (tertiary/aromatic N) is 1. The Morgan fingerprint density at radius 3 is 2.85 bits per heavy atom. The van der Waals surface area contributed by atoms with Crippen molar-refractivity contribution in [3.63, 3.8) is 0 Å². The third-order valence-electron chi connectivity index (χ3n) is 1.76. The third-order valence-corrected chi connectivity index (χ3v) is 2.73. The standard InChI is InChI=1S/C10H11NOS/c1-2-4-9(5-3-1)8-13-10-11-6-7-12-10/h1-5H,6-8H2. The predicted octanol–water partition coefficient (Wildman–Crippen LogP) is 2.31. The van der Waals surface area contributed by atoms with Gasteiger partial charge in [0, 0.05) is 5.75 Å². The number of thioether (sulfide) groups is 1. The summed E-state index contributed by atoms with van der Waals surface area (Å²) in [5.74, 6) is 0.944. The molecule has 2 rings (SSSR count). The first-order valence-corrected chi connectivity index (χ1v) is 5.28. The molecule has 0 fully saturated rings. The summed E-state index contributed by atoms with van der Waals surface area (Å²) in [5.41, 5.74) is 1.31. The molecule has 0 saturated carbocycles. The lowest BCUT2D eigenvalue weighted by Crippen LogP contribution is -1.93. The Balaban J connectivity index is 1.86. The van der Waals surface area contributed by atoms with Crippen LogP contribution in [0.3, 0.4) is 0 Å². The molecule has 0 aromatic heterocycles. The van der Waals surface area contributed by atoms with Gasteiger partial charge in [0.15, 0.2) is 0 Å². The lowest BCUT2D eigenvalue weighted by Gasteiger charge is -2.00. The number of hydrogen-bond acceptors (Lipinski definition) is 3. The monoisotopic (exact) mass is 193 g/mol. The van der Waals surface area contributed by atoms with Crippen LogP contribution in [0, 0.1) is 0 Å². The highest BCUT2D eigenvalue weighted by atomic mass is 32.2. The molecule has 1 aliphatic rings. The minimum Gasteiger partial charge on any atom is -0.471 e. The van der Waals surface area contributed by atoms with Crippen molar-refractivity contribution < 1.29 is 4.74 Å². The van der Waals surface area contributed by atoms with Gasteiger partial charge in [-0.05, 0) is 5.56 Å². The summed E-state index contributed by atoms with van der Waals surface area (Å²) in [5, 5.41) is 0.837. The second-order valence-electron chi connectivity index (χ2n) is 2.77. The summed E-state index contributed by atoms with van der Waals surface area (Å²) in [6.07, 6.45) is 0. The minimum atomic E-state index is 0.747. The van der Waals surface area contributed by atoms with Crippen molar-refractivity contribution in [2.24, 2.45) is 4.99 Å². The molecule has 0 unspecified atom stereocenters. The van der Waals surface area contributed by atoms with Gasteiger partial charge in [0.05, 0.1) is 6.54 Å². The summed E-state index contributed by atoms with van der Waals surface area (Å²) >= 11 is 1.66. The van der Waals surface area contributed by atoms with Gasteiger partial charge in [-0.2, -0.15) is 0 Å². The first kappa shape index (κ1) is 8.63. The fraction of sp³-hybridized carbons (Fsp3) is 0.300. The Kier molecular flexibility index (Phi) is 2.87. The van der Waals surface area contributed by atoms with Crippen LogP contribution in [0.4, 0.5) is 0 Å². The molecule has 13 heavy (non-hydrogen) atoms. The molecule has 0 amide bonds. The first-order valence-electron chi connectivity index (χ1n) is 4.29. The Morgan fingerprint density at radius 1 is 1.31 bits per heavy atom. The molecule has 0 saturated heterocycles. The molecule has 1 aromatic rings. The van der Waals surface area contributed by atoms with Gasteiger partial charge in [0.25, 0.3) is 0 Å². The topological polar surface area (TPSA) is 21.6 Å². The molecular formula is C10H11NOS. The van der Waals surface area contributed by atoms with Gasteiger partial charge >= 0.3 is 0 Å². The Labute approximate surface area is 82.0 Å². The van der Waals surface area contributed by atoms with Gasteiger partial charge in [-0.15, -0.1) is 0 Å². The SMILES string of the molecule is c1ccc(CSC2=NCCO2)cc1. The predicted molar refractivity (Wildman–Crippen MR) is 56.0 cm³/mol. The number of aliphatic imine (C=N–C) groups is 1. The van der Waals surface area contributed by atoms with E-state index in [-0.39, 0.29) is 0 Å². The van der Waals surface area contributed by atoms with E-state index >= 15 is 0 Å². The van der Waals surface area contributed by atoms with E-state index in [0.717, 1.165) is 24.1 Å². The fourth-order valence-corrected chi connectivity index (χ4v) is 1.95. The third kappa shape index (κ3) is 2.49. The van der Waals surface area contributed by atoms with Crippen LogP contribution in [-0.4, -0.2) is 18.4 Å². The zero-order valence-electron chi connectivity index (χ0n) is 7.27. The lowest BCUT2D eigenvalue weighted by molar-refractivity contribution is 0.356. The van der Waals surface area contributed by atoms with Crippen LogP contribution in [-0.2, 0) is 10.5 Å². The van der Waals surface area contributed by atoms with Crippen LogP contribution in [0.25, 0.3) is 0 Å². The van der Waals surface area contributed by atoms with E-state index in [1.807, 2.05) is 18.2 Å². The van der Waals surface area contributed by atoms with Crippen LogP contribution in [0.1, 0.15) is 5.56 Å². The van der Waals surface area contributed by atoms with Crippen molar-refractivity contribution >= 4 is 17.0 Å². The van der Waals surface area contributed by atoms with Gasteiger partial charge in [0.1, 0.15) is 6.61 Å². The van der Waals surface area contributed by atoms with Crippen LogP contribution in [0.15, 0.2) is 35.3 Å². The van der Waals surface area contributed by atoms with Gasteiger partial charge in [0.2, 0.25) is 5.23 Å². The van der Waals surface area contributed by atoms with Crippen LogP contribution in [0.2, 0.25) is 0 Å². The highest BCUT2D eigenvalue weighted by molar-refractivity contribution is 8.12. The van der Waals surface area contributed by atoms with Crippen molar-refractivity contribution in [1.82, 2.24) is 0 Å². The molecule has 68 valence electrons. The van der Waals surface area contributed by atoms with Gasteiger partial charge in [-0.3, -0.25) is 0 Å². The maximum Gasteiger partial charge on any atom is 0.246 e. The van der Waals surface area contributed by atoms with Crippen molar-refractivity contribution in [1.29, 1.82) is 0 Å². The van der Waals surface area contributed by atoms with Crippen LogP contribution in [0.5, 0.6) is 0 Å². The molecule has 0 N–H and O–H groups in total. The average Bonchev–Trinajstić information content (AvgIpc) is 2.69. The van der Waals surface area contributed by atoms with Crippen molar-refractivity contribution in [3.8, 4) is 0 Å². The maximum absolute atomic E-state index is 5.29. The summed E-state index contributed by atoms with van der Waals surface area (Å²) in [6, 6.07) is 10.4. The van der Waals surface area contributed by atoms with E-state index in [0.29, 0.717) is 0 Å². The van der Waals surface area contributed by atoms with Crippen molar-refractivity contribution in [3.05, 3.63) is 35.9 Å². The van der Waals surface area contributed by atoms with E-state index < -0.39 is 0 Å². The van der Waals surface area contributed by atoms with Gasteiger partial charge in [-0.1, -0.05) is 42.1 Å². The van der Waals surface area contributed by atoms with Crippen molar-refractivity contribution in [2.75, 3.05) is 13.2 Å². The Hall–Kier alpha value is -0.960. The first-order chi connectivity index (χ1) is 6.45. The largest absolute Gasteiger partial charge is 0.471 e. The number of ether oxygens (including phenoxy) is 1. The van der Waals surface area contributed by atoms with E-state index in [9.17, 15) is 0 Å². The highest BCUT2D eigenvalue weighted by Crippen LogP contribution is 2.16. The number of hydrogen-bond donors (Lipinski definition) is 0. The van der Waals surface area contributed by atoms with Gasteiger partial charge < -0.3 is 4.74 Å². The van der Waals surface area contributed by atoms with Crippen LogP contribution >= 0.6 is 11.8 Å². The smallest absolute Gasteiger partial charge is 0.246 e. The maximum atomic E-state index is 5.29. The summed E-state index contributed by atoms with van der Waals surface area (Å²) in [6.45, 7) is 1.56. The number of rotatable bonds is 2.